The predicted molar refractivity (Wildman–Crippen MR) is 87.4 cm³/mol. The zero-order valence-electron chi connectivity index (χ0n) is 10.1. The summed E-state index contributed by atoms with van der Waals surface area (Å²) in [5.74, 6) is 0. The van der Waals surface area contributed by atoms with Crippen LogP contribution in [0, 0.1) is 4.77 Å². The molecule has 0 atom stereocenters. The lowest BCUT2D eigenvalue weighted by molar-refractivity contribution is 0.940. The summed E-state index contributed by atoms with van der Waals surface area (Å²) in [6.07, 6.45) is 0. The number of nitrogens with zero attached hydrogens (tertiary/aromatic N) is 1. The average Bonchev–Trinajstić information content (AvgIpc) is 2.42. The SMILES string of the molecule is O=c1c2cc(Br)ccc2[nH]c(=S)n1-c1ccccc1Cl. The van der Waals surface area contributed by atoms with Gasteiger partial charge in [0, 0.05) is 4.47 Å². The number of aromatic nitrogens is 2. The molecule has 0 saturated carbocycles. The van der Waals surface area contributed by atoms with Crippen molar-refractivity contribution in [2.24, 2.45) is 0 Å². The van der Waals surface area contributed by atoms with Gasteiger partial charge in [0.25, 0.3) is 5.56 Å². The lowest BCUT2D eigenvalue weighted by Gasteiger charge is -2.09. The summed E-state index contributed by atoms with van der Waals surface area (Å²) < 4.78 is 2.56. The smallest absolute Gasteiger partial charge is 0.266 e. The molecular weight excluding hydrogens is 360 g/mol. The van der Waals surface area contributed by atoms with Crippen molar-refractivity contribution in [3.63, 3.8) is 0 Å². The average molecular weight is 368 g/mol. The monoisotopic (exact) mass is 366 g/mol. The van der Waals surface area contributed by atoms with Crippen LogP contribution in [-0.2, 0) is 0 Å². The highest BCUT2D eigenvalue weighted by molar-refractivity contribution is 9.10. The molecule has 3 aromatic rings. The molecule has 0 saturated heterocycles. The number of hydrogen-bond acceptors (Lipinski definition) is 2. The Morgan fingerprint density at radius 3 is 2.70 bits per heavy atom. The highest BCUT2D eigenvalue weighted by atomic mass is 79.9. The summed E-state index contributed by atoms with van der Waals surface area (Å²) in [6, 6.07) is 12.5. The van der Waals surface area contributed by atoms with E-state index >= 15 is 0 Å². The third-order valence-electron chi connectivity index (χ3n) is 2.95. The van der Waals surface area contributed by atoms with Crippen molar-refractivity contribution in [1.82, 2.24) is 9.55 Å². The van der Waals surface area contributed by atoms with Gasteiger partial charge in [-0.2, -0.15) is 0 Å². The van der Waals surface area contributed by atoms with E-state index in [4.69, 9.17) is 23.8 Å². The van der Waals surface area contributed by atoms with Crippen molar-refractivity contribution in [1.29, 1.82) is 0 Å². The Morgan fingerprint density at radius 1 is 1.20 bits per heavy atom. The van der Waals surface area contributed by atoms with E-state index in [0.29, 0.717) is 26.4 Å². The van der Waals surface area contributed by atoms with Gasteiger partial charge in [-0.3, -0.25) is 9.36 Å². The number of H-pyrrole nitrogens is 1. The maximum Gasteiger partial charge on any atom is 0.266 e. The molecule has 3 nitrogen and oxygen atoms in total. The van der Waals surface area contributed by atoms with Crippen LogP contribution in [0.3, 0.4) is 0 Å². The number of benzene rings is 2. The second kappa shape index (κ2) is 5.16. The Morgan fingerprint density at radius 2 is 1.95 bits per heavy atom. The van der Waals surface area contributed by atoms with Crippen LogP contribution in [0.5, 0.6) is 0 Å². The zero-order chi connectivity index (χ0) is 14.3. The van der Waals surface area contributed by atoms with Crippen molar-refractivity contribution in [2.75, 3.05) is 0 Å². The summed E-state index contributed by atoms with van der Waals surface area (Å²) in [5, 5.41) is 1.02. The fourth-order valence-electron chi connectivity index (χ4n) is 2.04. The minimum absolute atomic E-state index is 0.196. The lowest BCUT2D eigenvalue weighted by Crippen LogP contribution is -2.20. The Bertz CT molecular complexity index is 932. The molecule has 1 aromatic heterocycles. The molecule has 20 heavy (non-hydrogen) atoms. The van der Waals surface area contributed by atoms with Gasteiger partial charge in [0.05, 0.1) is 21.6 Å². The molecular formula is C14H8BrClN2OS. The summed E-state index contributed by atoms with van der Waals surface area (Å²) >= 11 is 14.8. The number of aromatic amines is 1. The first-order valence-electron chi connectivity index (χ1n) is 5.77. The lowest BCUT2D eigenvalue weighted by atomic mass is 10.2. The van der Waals surface area contributed by atoms with Gasteiger partial charge in [0.1, 0.15) is 0 Å². The van der Waals surface area contributed by atoms with Gasteiger partial charge in [-0.05, 0) is 42.5 Å². The Kier molecular flexibility index (Phi) is 3.50. The molecule has 0 unspecified atom stereocenters. The van der Waals surface area contributed by atoms with Crippen LogP contribution < -0.4 is 5.56 Å². The molecule has 0 aliphatic rings. The van der Waals surface area contributed by atoms with Crippen molar-refractivity contribution < 1.29 is 0 Å². The van der Waals surface area contributed by atoms with Crippen molar-refractivity contribution in [3.8, 4) is 5.69 Å². The van der Waals surface area contributed by atoms with Gasteiger partial charge >= 0.3 is 0 Å². The summed E-state index contributed by atoms with van der Waals surface area (Å²) in [7, 11) is 0. The highest BCUT2D eigenvalue weighted by Crippen LogP contribution is 2.20. The van der Waals surface area contributed by atoms with Gasteiger partial charge in [-0.25, -0.2) is 0 Å². The number of hydrogen-bond donors (Lipinski definition) is 1. The van der Waals surface area contributed by atoms with E-state index < -0.39 is 0 Å². The molecule has 6 heteroatoms. The zero-order valence-corrected chi connectivity index (χ0v) is 13.2. The van der Waals surface area contributed by atoms with E-state index in [1.165, 1.54) is 4.57 Å². The molecule has 0 aliphatic heterocycles. The van der Waals surface area contributed by atoms with E-state index in [1.54, 1.807) is 24.3 Å². The molecule has 0 spiro atoms. The second-order valence-corrected chi connectivity index (χ2v) is 5.92. The first-order valence-corrected chi connectivity index (χ1v) is 7.35. The van der Waals surface area contributed by atoms with Crippen LogP contribution in [0.1, 0.15) is 0 Å². The maximum atomic E-state index is 12.7. The van der Waals surface area contributed by atoms with E-state index in [-0.39, 0.29) is 5.56 Å². The molecule has 0 radical (unpaired) electrons. The summed E-state index contributed by atoms with van der Waals surface area (Å²) in [5.41, 5.74) is 1.08. The van der Waals surface area contributed by atoms with Crippen molar-refractivity contribution in [3.05, 3.63) is 67.1 Å². The molecule has 1 heterocycles. The van der Waals surface area contributed by atoms with Crippen molar-refractivity contribution in [2.45, 2.75) is 0 Å². The summed E-state index contributed by atoms with van der Waals surface area (Å²) in [6.45, 7) is 0. The molecule has 3 rings (SSSR count). The fraction of sp³-hybridized carbons (Fsp3) is 0. The Hall–Kier alpha value is -1.43. The molecule has 0 aliphatic carbocycles. The minimum Gasteiger partial charge on any atom is -0.331 e. The number of para-hydroxylation sites is 1. The third-order valence-corrected chi connectivity index (χ3v) is 4.05. The number of fused-ring (bicyclic) bond motifs is 1. The molecule has 1 N–H and O–H groups in total. The second-order valence-electron chi connectivity index (χ2n) is 4.21. The molecule has 0 bridgehead atoms. The van der Waals surface area contributed by atoms with E-state index in [1.807, 2.05) is 18.2 Å². The third kappa shape index (κ3) is 2.22. The predicted octanol–water partition coefficient (Wildman–Crippen LogP) is 4.46. The number of rotatable bonds is 1. The van der Waals surface area contributed by atoms with Crippen LogP contribution in [0.2, 0.25) is 5.02 Å². The van der Waals surface area contributed by atoms with Crippen LogP contribution in [0.25, 0.3) is 16.6 Å². The first kappa shape index (κ1) is 13.5. The van der Waals surface area contributed by atoms with Crippen LogP contribution in [-0.4, -0.2) is 9.55 Å². The summed E-state index contributed by atoms with van der Waals surface area (Å²) in [4.78, 5) is 15.7. The Labute approximate surface area is 133 Å². The van der Waals surface area contributed by atoms with Gasteiger partial charge in [-0.15, -0.1) is 0 Å². The largest absolute Gasteiger partial charge is 0.331 e. The van der Waals surface area contributed by atoms with Crippen LogP contribution in [0.4, 0.5) is 0 Å². The van der Waals surface area contributed by atoms with Gasteiger partial charge in [0.15, 0.2) is 4.77 Å². The van der Waals surface area contributed by atoms with Crippen molar-refractivity contribution >= 4 is 50.7 Å². The van der Waals surface area contributed by atoms with Gasteiger partial charge in [0.2, 0.25) is 0 Å². The fourth-order valence-corrected chi connectivity index (χ4v) is 2.91. The standard InChI is InChI=1S/C14H8BrClN2OS/c15-8-5-6-11-9(7-8)13(19)18(14(20)17-11)12-4-2-1-3-10(12)16/h1-7H,(H,17,20). The van der Waals surface area contributed by atoms with Crippen LogP contribution in [0.15, 0.2) is 51.7 Å². The number of nitrogens with one attached hydrogen (secondary N) is 1. The first-order chi connectivity index (χ1) is 9.58. The van der Waals surface area contributed by atoms with E-state index in [9.17, 15) is 4.79 Å². The van der Waals surface area contributed by atoms with Gasteiger partial charge in [-0.1, -0.05) is 39.7 Å². The topological polar surface area (TPSA) is 37.8 Å². The van der Waals surface area contributed by atoms with E-state index in [0.717, 1.165) is 4.47 Å². The molecule has 0 amide bonds. The molecule has 100 valence electrons. The van der Waals surface area contributed by atoms with Gasteiger partial charge < -0.3 is 4.98 Å². The quantitative estimate of drug-likeness (QED) is 0.645. The van der Waals surface area contributed by atoms with E-state index in [2.05, 4.69) is 20.9 Å². The molecule has 0 fully saturated rings. The normalized spacial score (nSPS) is 10.9. The van der Waals surface area contributed by atoms with Crippen LogP contribution >= 0.6 is 39.7 Å². The minimum atomic E-state index is -0.196. The number of halogens is 2. The molecule has 2 aromatic carbocycles. The Balaban J connectivity index is 2.46. The highest BCUT2D eigenvalue weighted by Gasteiger charge is 2.10. The maximum absolute atomic E-state index is 12.7.